The minimum Gasteiger partial charge on any atom is -0.494 e. The van der Waals surface area contributed by atoms with Gasteiger partial charge in [0.05, 0.1) is 17.3 Å². The second-order valence-corrected chi connectivity index (χ2v) is 6.73. The van der Waals surface area contributed by atoms with Crippen LogP contribution in [0.2, 0.25) is 0 Å². The maximum Gasteiger partial charge on any atom is 0.277 e. The van der Waals surface area contributed by atoms with E-state index in [1.165, 1.54) is 6.07 Å². The van der Waals surface area contributed by atoms with Crippen molar-refractivity contribution >= 4 is 23.2 Å². The zero-order valence-corrected chi connectivity index (χ0v) is 16.1. The van der Waals surface area contributed by atoms with Gasteiger partial charge in [-0.05, 0) is 38.1 Å². The predicted molar refractivity (Wildman–Crippen MR) is 104 cm³/mol. The summed E-state index contributed by atoms with van der Waals surface area (Å²) >= 11 is 1.08. The van der Waals surface area contributed by atoms with Crippen LogP contribution in [0, 0.1) is 17.0 Å². The lowest BCUT2D eigenvalue weighted by molar-refractivity contribution is -0.385. The van der Waals surface area contributed by atoms with Gasteiger partial charge in [0.1, 0.15) is 5.75 Å². The molecule has 0 N–H and O–H groups in total. The standard InChI is InChI=1S/C19H17N3O5S/c1-3-26-15-8-6-13(7-9-15)18-20-21-19(27-18)28-11-17(23)14-5-4-12(2)16(10-14)22(24)25/h4-10H,3,11H2,1-2H3. The van der Waals surface area contributed by atoms with Gasteiger partial charge in [0.15, 0.2) is 5.78 Å². The number of carbonyl (C=O) groups is 1. The van der Waals surface area contributed by atoms with Gasteiger partial charge >= 0.3 is 0 Å². The molecule has 2 aromatic carbocycles. The first-order chi connectivity index (χ1) is 13.5. The van der Waals surface area contributed by atoms with E-state index in [9.17, 15) is 14.9 Å². The van der Waals surface area contributed by atoms with E-state index in [1.54, 1.807) is 19.1 Å². The predicted octanol–water partition coefficient (Wildman–Crippen LogP) is 4.33. The molecule has 0 fully saturated rings. The largest absolute Gasteiger partial charge is 0.494 e. The number of benzene rings is 2. The van der Waals surface area contributed by atoms with E-state index >= 15 is 0 Å². The Morgan fingerprint density at radius 2 is 1.96 bits per heavy atom. The first-order valence-electron chi connectivity index (χ1n) is 8.45. The van der Waals surface area contributed by atoms with Crippen LogP contribution in [0.5, 0.6) is 5.75 Å². The van der Waals surface area contributed by atoms with Crippen molar-refractivity contribution in [3.8, 4) is 17.2 Å². The van der Waals surface area contributed by atoms with Crippen LogP contribution in [0.25, 0.3) is 11.5 Å². The molecule has 0 aliphatic carbocycles. The van der Waals surface area contributed by atoms with Gasteiger partial charge in [-0.25, -0.2) is 0 Å². The van der Waals surface area contributed by atoms with Crippen LogP contribution in [0.4, 0.5) is 5.69 Å². The zero-order valence-electron chi connectivity index (χ0n) is 15.2. The number of hydrogen-bond acceptors (Lipinski definition) is 8. The summed E-state index contributed by atoms with van der Waals surface area (Å²) in [5.41, 5.74) is 1.44. The number of nitro groups is 1. The van der Waals surface area contributed by atoms with Crippen molar-refractivity contribution in [2.45, 2.75) is 19.1 Å². The van der Waals surface area contributed by atoms with Gasteiger partial charge in [0.25, 0.3) is 10.9 Å². The van der Waals surface area contributed by atoms with Gasteiger partial charge in [0, 0.05) is 22.8 Å². The number of rotatable bonds is 8. The summed E-state index contributed by atoms with van der Waals surface area (Å²) in [4.78, 5) is 22.9. The molecule has 28 heavy (non-hydrogen) atoms. The maximum absolute atomic E-state index is 12.3. The fourth-order valence-electron chi connectivity index (χ4n) is 2.44. The van der Waals surface area contributed by atoms with Crippen LogP contribution in [0.15, 0.2) is 52.1 Å². The van der Waals surface area contributed by atoms with E-state index < -0.39 is 4.92 Å². The molecule has 0 aliphatic heterocycles. The highest BCUT2D eigenvalue weighted by molar-refractivity contribution is 7.99. The molecular formula is C19H17N3O5S. The molecule has 0 saturated carbocycles. The number of Topliss-reactive ketones (excluding diaryl/α,β-unsaturated/α-hetero) is 1. The number of ketones is 1. The van der Waals surface area contributed by atoms with Crippen LogP contribution in [0.3, 0.4) is 0 Å². The summed E-state index contributed by atoms with van der Waals surface area (Å²) in [6.45, 7) is 4.12. The van der Waals surface area contributed by atoms with E-state index in [-0.39, 0.29) is 28.0 Å². The SMILES string of the molecule is CCOc1ccc(-c2nnc(SCC(=O)c3ccc(C)c([N+](=O)[O-])c3)o2)cc1. The molecule has 0 radical (unpaired) electrons. The zero-order chi connectivity index (χ0) is 20.1. The highest BCUT2D eigenvalue weighted by atomic mass is 32.2. The van der Waals surface area contributed by atoms with E-state index in [2.05, 4.69) is 10.2 Å². The van der Waals surface area contributed by atoms with Gasteiger partial charge < -0.3 is 9.15 Å². The summed E-state index contributed by atoms with van der Waals surface area (Å²) in [5.74, 6) is 0.863. The molecule has 0 amide bonds. The van der Waals surface area contributed by atoms with Crippen LogP contribution >= 0.6 is 11.8 Å². The molecule has 144 valence electrons. The summed E-state index contributed by atoms with van der Waals surface area (Å²) < 4.78 is 11.0. The van der Waals surface area contributed by atoms with Crippen molar-refractivity contribution in [3.63, 3.8) is 0 Å². The summed E-state index contributed by atoms with van der Waals surface area (Å²) in [5, 5.41) is 19.2. The Kier molecular flexibility index (Phi) is 6.05. The van der Waals surface area contributed by atoms with Crippen molar-refractivity contribution in [1.82, 2.24) is 10.2 Å². The second kappa shape index (κ2) is 8.66. The van der Waals surface area contributed by atoms with Gasteiger partial charge in [-0.1, -0.05) is 23.9 Å². The molecule has 0 atom stereocenters. The number of carbonyl (C=O) groups excluding carboxylic acids is 1. The lowest BCUT2D eigenvalue weighted by Crippen LogP contribution is -2.04. The highest BCUT2D eigenvalue weighted by Crippen LogP contribution is 2.26. The van der Waals surface area contributed by atoms with Crippen molar-refractivity contribution in [2.24, 2.45) is 0 Å². The number of nitrogens with zero attached hydrogens (tertiary/aromatic N) is 3. The fraction of sp³-hybridized carbons (Fsp3) is 0.211. The number of hydrogen-bond donors (Lipinski definition) is 0. The third-order valence-corrected chi connectivity index (χ3v) is 4.69. The summed E-state index contributed by atoms with van der Waals surface area (Å²) in [6, 6.07) is 11.7. The Hall–Kier alpha value is -3.20. The van der Waals surface area contributed by atoms with Crippen molar-refractivity contribution in [1.29, 1.82) is 0 Å². The monoisotopic (exact) mass is 399 g/mol. The van der Waals surface area contributed by atoms with E-state index in [4.69, 9.17) is 9.15 Å². The average Bonchev–Trinajstić information content (AvgIpc) is 3.16. The maximum atomic E-state index is 12.3. The minimum atomic E-state index is -0.500. The van der Waals surface area contributed by atoms with Crippen LogP contribution in [0.1, 0.15) is 22.8 Å². The molecule has 0 bridgehead atoms. The number of aromatic nitrogens is 2. The third-order valence-electron chi connectivity index (χ3n) is 3.87. The Morgan fingerprint density at radius 3 is 2.64 bits per heavy atom. The molecule has 3 aromatic rings. The Bertz CT molecular complexity index is 1000. The first kappa shape index (κ1) is 19.6. The summed E-state index contributed by atoms with van der Waals surface area (Å²) in [7, 11) is 0. The van der Waals surface area contributed by atoms with E-state index in [0.29, 0.717) is 18.1 Å². The lowest BCUT2D eigenvalue weighted by atomic mass is 10.1. The molecule has 0 unspecified atom stereocenters. The molecule has 9 heteroatoms. The fourth-order valence-corrected chi connectivity index (χ4v) is 3.09. The summed E-state index contributed by atoms with van der Waals surface area (Å²) in [6.07, 6.45) is 0. The number of nitro benzene ring substituents is 1. The number of aryl methyl sites for hydroxylation is 1. The van der Waals surface area contributed by atoms with Crippen molar-refractivity contribution in [2.75, 3.05) is 12.4 Å². The molecular weight excluding hydrogens is 382 g/mol. The lowest BCUT2D eigenvalue weighted by Gasteiger charge is -2.02. The third kappa shape index (κ3) is 4.55. The molecule has 1 aromatic heterocycles. The van der Waals surface area contributed by atoms with Gasteiger partial charge in [0.2, 0.25) is 5.89 Å². The second-order valence-electron chi connectivity index (χ2n) is 5.80. The smallest absolute Gasteiger partial charge is 0.277 e. The van der Waals surface area contributed by atoms with Crippen LogP contribution < -0.4 is 4.74 Å². The van der Waals surface area contributed by atoms with Crippen LogP contribution in [-0.2, 0) is 0 Å². The quantitative estimate of drug-likeness (QED) is 0.238. The molecule has 0 aliphatic rings. The molecule has 0 spiro atoms. The Balaban J connectivity index is 1.65. The minimum absolute atomic E-state index is 0.0329. The van der Waals surface area contributed by atoms with Gasteiger partial charge in [-0.15, -0.1) is 10.2 Å². The average molecular weight is 399 g/mol. The van der Waals surface area contributed by atoms with E-state index in [0.717, 1.165) is 23.1 Å². The number of ether oxygens (including phenoxy) is 1. The van der Waals surface area contributed by atoms with Gasteiger partial charge in [-0.2, -0.15) is 0 Å². The highest BCUT2D eigenvalue weighted by Gasteiger charge is 2.17. The molecule has 0 saturated heterocycles. The van der Waals surface area contributed by atoms with E-state index in [1.807, 2.05) is 31.2 Å². The van der Waals surface area contributed by atoms with Crippen molar-refractivity contribution in [3.05, 3.63) is 63.7 Å². The molecule has 1 heterocycles. The Labute approximate surface area is 165 Å². The van der Waals surface area contributed by atoms with Crippen LogP contribution in [-0.4, -0.2) is 33.3 Å². The first-order valence-corrected chi connectivity index (χ1v) is 9.44. The van der Waals surface area contributed by atoms with Gasteiger partial charge in [-0.3, -0.25) is 14.9 Å². The number of thioether (sulfide) groups is 1. The Morgan fingerprint density at radius 1 is 1.21 bits per heavy atom. The molecule has 8 nitrogen and oxygen atoms in total. The normalized spacial score (nSPS) is 10.6. The topological polar surface area (TPSA) is 108 Å². The van der Waals surface area contributed by atoms with Crippen molar-refractivity contribution < 1.29 is 18.9 Å². The molecule has 3 rings (SSSR count).